The Morgan fingerprint density at radius 1 is 0.579 bits per heavy atom. The lowest BCUT2D eigenvalue weighted by Crippen LogP contribution is -2.70. The van der Waals surface area contributed by atoms with E-state index < -0.39 is 13.9 Å². The number of nitrogens with two attached hydrogens (primary N) is 2. The molecule has 0 aromatic heterocycles. The van der Waals surface area contributed by atoms with Crippen molar-refractivity contribution in [3.8, 4) is 0 Å². The summed E-state index contributed by atoms with van der Waals surface area (Å²) in [7, 11) is -2.67. The summed E-state index contributed by atoms with van der Waals surface area (Å²) in [5.74, 6) is 0. The van der Waals surface area contributed by atoms with Crippen LogP contribution in [0.1, 0.15) is 43.2 Å². The van der Waals surface area contributed by atoms with Crippen molar-refractivity contribution in [3.05, 3.63) is 132 Å². The lowest BCUT2D eigenvalue weighted by Gasteiger charge is -2.60. The highest BCUT2D eigenvalue weighted by Crippen LogP contribution is 2.60. The van der Waals surface area contributed by atoms with Gasteiger partial charge in [0.25, 0.3) is 8.32 Å². The Bertz CT molecular complexity index is 1180. The molecule has 0 amide bonds. The van der Waals surface area contributed by atoms with E-state index in [-0.39, 0.29) is 5.41 Å². The van der Waals surface area contributed by atoms with Crippen LogP contribution in [0.3, 0.4) is 0 Å². The van der Waals surface area contributed by atoms with Crippen molar-refractivity contribution in [1.29, 1.82) is 0 Å². The van der Waals surface area contributed by atoms with Gasteiger partial charge in [0, 0.05) is 5.41 Å². The molecule has 0 unspecified atom stereocenters. The summed E-state index contributed by atoms with van der Waals surface area (Å²) in [6, 6.07) is 44.9. The van der Waals surface area contributed by atoms with E-state index in [4.69, 9.17) is 15.9 Å². The average Bonchev–Trinajstić information content (AvgIpc) is 3.01. The van der Waals surface area contributed by atoms with Gasteiger partial charge in [-0.15, -0.1) is 0 Å². The minimum absolute atomic E-state index is 0.130. The molecular formula is C34H40N2OSi. The molecule has 1 aliphatic heterocycles. The topological polar surface area (TPSA) is 61.3 Å². The Hall–Kier alpha value is -3.02. The van der Waals surface area contributed by atoms with E-state index in [0.29, 0.717) is 13.1 Å². The van der Waals surface area contributed by atoms with Crippen molar-refractivity contribution in [2.24, 2.45) is 16.9 Å². The minimum Gasteiger partial charge on any atom is -0.394 e. The van der Waals surface area contributed by atoms with Crippen LogP contribution in [0.15, 0.2) is 121 Å². The van der Waals surface area contributed by atoms with Crippen LogP contribution >= 0.6 is 0 Å². The standard InChI is InChI=1S/C34H40N2OSi/c35-26-13-23-33(24-14-27-36)25-28-38(31-19-9-3-10-20-31,32-21-11-4-12-22-32)37-34(33,29-15-5-1-6-16-29)30-17-7-2-8-18-30/h1-12,15-22H,13-14,23-28,35-36H2. The first-order valence-corrected chi connectivity index (χ1v) is 16.1. The van der Waals surface area contributed by atoms with E-state index in [1.165, 1.54) is 21.5 Å². The zero-order valence-electron chi connectivity index (χ0n) is 22.3. The van der Waals surface area contributed by atoms with Gasteiger partial charge in [-0.05, 0) is 72.7 Å². The molecule has 0 aliphatic carbocycles. The zero-order valence-corrected chi connectivity index (χ0v) is 23.3. The fraction of sp³-hybridized carbons (Fsp3) is 0.294. The Morgan fingerprint density at radius 2 is 0.974 bits per heavy atom. The van der Waals surface area contributed by atoms with Crippen LogP contribution in [0.25, 0.3) is 0 Å². The molecule has 0 saturated carbocycles. The molecule has 4 aromatic carbocycles. The van der Waals surface area contributed by atoms with Crippen molar-refractivity contribution in [3.63, 3.8) is 0 Å². The van der Waals surface area contributed by atoms with Gasteiger partial charge in [-0.3, -0.25) is 0 Å². The molecule has 0 atom stereocenters. The van der Waals surface area contributed by atoms with Crippen LogP contribution < -0.4 is 21.8 Å². The molecule has 1 saturated heterocycles. The van der Waals surface area contributed by atoms with Crippen molar-refractivity contribution in [2.75, 3.05) is 13.1 Å². The first kappa shape index (κ1) is 26.6. The van der Waals surface area contributed by atoms with Gasteiger partial charge in [0.1, 0.15) is 5.60 Å². The smallest absolute Gasteiger partial charge is 0.257 e. The highest BCUT2D eigenvalue weighted by Gasteiger charge is 2.62. The largest absolute Gasteiger partial charge is 0.394 e. The van der Waals surface area contributed by atoms with E-state index in [0.717, 1.165) is 38.1 Å². The Labute approximate surface area is 229 Å². The first-order chi connectivity index (χ1) is 18.7. The molecule has 196 valence electrons. The van der Waals surface area contributed by atoms with Gasteiger partial charge < -0.3 is 15.9 Å². The third kappa shape index (κ3) is 4.67. The third-order valence-corrected chi connectivity index (χ3v) is 12.7. The third-order valence-electron chi connectivity index (χ3n) is 8.59. The molecule has 1 aliphatic rings. The van der Waals surface area contributed by atoms with Gasteiger partial charge in [0.15, 0.2) is 0 Å². The highest BCUT2D eigenvalue weighted by atomic mass is 28.4. The summed E-state index contributed by atoms with van der Waals surface area (Å²) in [4.78, 5) is 0. The van der Waals surface area contributed by atoms with Crippen molar-refractivity contribution >= 4 is 18.7 Å². The molecule has 4 heteroatoms. The summed E-state index contributed by atoms with van der Waals surface area (Å²) in [5.41, 5.74) is 14.0. The molecule has 3 nitrogen and oxygen atoms in total. The number of benzene rings is 4. The van der Waals surface area contributed by atoms with E-state index >= 15 is 0 Å². The molecular weight excluding hydrogens is 480 g/mol. The molecule has 1 fully saturated rings. The normalized spacial score (nSPS) is 17.6. The lowest BCUT2D eigenvalue weighted by molar-refractivity contribution is -0.0731. The van der Waals surface area contributed by atoms with E-state index in [9.17, 15) is 0 Å². The first-order valence-electron chi connectivity index (χ1n) is 14.0. The predicted octanol–water partition coefficient (Wildman–Crippen LogP) is 5.57. The maximum Gasteiger partial charge on any atom is 0.257 e. The van der Waals surface area contributed by atoms with Gasteiger partial charge in [-0.25, -0.2) is 0 Å². The van der Waals surface area contributed by atoms with Crippen molar-refractivity contribution < 1.29 is 4.43 Å². The lowest BCUT2D eigenvalue weighted by atomic mass is 9.59. The average molecular weight is 521 g/mol. The van der Waals surface area contributed by atoms with Crippen LogP contribution in [0.5, 0.6) is 0 Å². The Balaban J connectivity index is 1.84. The monoisotopic (exact) mass is 520 g/mol. The Morgan fingerprint density at radius 3 is 1.37 bits per heavy atom. The van der Waals surface area contributed by atoms with Crippen LogP contribution in [0.2, 0.25) is 6.04 Å². The molecule has 1 heterocycles. The SMILES string of the molecule is NCCCC1(CCCN)CC[Si](c2ccccc2)(c2ccccc2)OC1(c1ccccc1)c1ccccc1. The molecule has 0 bridgehead atoms. The molecule has 5 rings (SSSR count). The van der Waals surface area contributed by atoms with E-state index in [2.05, 4.69) is 121 Å². The van der Waals surface area contributed by atoms with Gasteiger partial charge in [-0.1, -0.05) is 121 Å². The number of hydrogen-bond donors (Lipinski definition) is 2. The van der Waals surface area contributed by atoms with Gasteiger partial charge in [0.2, 0.25) is 0 Å². The second-order valence-electron chi connectivity index (χ2n) is 10.6. The summed E-state index contributed by atoms with van der Waals surface area (Å²) < 4.78 is 8.07. The van der Waals surface area contributed by atoms with Crippen LogP contribution in [0, 0.1) is 5.41 Å². The quantitative estimate of drug-likeness (QED) is 0.269. The molecule has 0 radical (unpaired) electrons. The fourth-order valence-electron chi connectivity index (χ4n) is 6.85. The molecule has 38 heavy (non-hydrogen) atoms. The highest BCUT2D eigenvalue weighted by molar-refractivity contribution is 6.97. The number of hydrogen-bond acceptors (Lipinski definition) is 3. The van der Waals surface area contributed by atoms with Gasteiger partial charge >= 0.3 is 0 Å². The van der Waals surface area contributed by atoms with Gasteiger partial charge in [0.05, 0.1) is 0 Å². The van der Waals surface area contributed by atoms with E-state index in [1.807, 2.05) is 0 Å². The van der Waals surface area contributed by atoms with E-state index in [1.54, 1.807) is 0 Å². The molecule has 0 spiro atoms. The van der Waals surface area contributed by atoms with Crippen molar-refractivity contribution in [2.45, 2.75) is 43.7 Å². The predicted molar refractivity (Wildman–Crippen MR) is 161 cm³/mol. The summed E-state index contributed by atoms with van der Waals surface area (Å²) in [6.07, 6.45) is 4.98. The molecule has 4 aromatic rings. The fourth-order valence-corrected chi connectivity index (χ4v) is 11.4. The second kappa shape index (κ2) is 11.8. The van der Waals surface area contributed by atoms with Gasteiger partial charge in [-0.2, -0.15) is 0 Å². The summed E-state index contributed by atoms with van der Waals surface area (Å²) in [6.45, 7) is 1.34. The van der Waals surface area contributed by atoms with Crippen LogP contribution in [-0.2, 0) is 10.0 Å². The second-order valence-corrected chi connectivity index (χ2v) is 14.2. The zero-order chi connectivity index (χ0) is 26.3. The minimum atomic E-state index is -2.67. The summed E-state index contributed by atoms with van der Waals surface area (Å²) in [5, 5.41) is 2.65. The molecule has 4 N–H and O–H groups in total. The van der Waals surface area contributed by atoms with Crippen LogP contribution in [-0.4, -0.2) is 21.4 Å². The summed E-state index contributed by atoms with van der Waals surface area (Å²) >= 11 is 0. The maximum absolute atomic E-state index is 8.07. The van der Waals surface area contributed by atoms with Crippen LogP contribution in [0.4, 0.5) is 0 Å². The Kier molecular flexibility index (Phi) is 8.25. The van der Waals surface area contributed by atoms with Crippen molar-refractivity contribution in [1.82, 2.24) is 0 Å². The maximum atomic E-state index is 8.07. The number of rotatable bonds is 10.